The van der Waals surface area contributed by atoms with Gasteiger partial charge < -0.3 is 9.64 Å². The number of nitrogens with zero attached hydrogens (tertiary/aromatic N) is 1. The molecule has 0 N–H and O–H groups in total. The topological polar surface area (TPSA) is 46.6 Å². The van der Waals surface area contributed by atoms with E-state index in [4.69, 9.17) is 4.74 Å². The molecular weight excluding hydrogens is 338 g/mol. The van der Waals surface area contributed by atoms with Crippen LogP contribution in [0.4, 0.5) is 5.69 Å². The Morgan fingerprint density at radius 3 is 2.59 bits per heavy atom. The molecule has 27 heavy (non-hydrogen) atoms. The van der Waals surface area contributed by atoms with Crippen LogP contribution in [0, 0.1) is 0 Å². The molecule has 1 heterocycles. The van der Waals surface area contributed by atoms with E-state index in [0.717, 1.165) is 29.7 Å². The number of esters is 1. The highest BCUT2D eigenvalue weighted by atomic mass is 16.5. The first-order valence-corrected chi connectivity index (χ1v) is 9.37. The summed E-state index contributed by atoms with van der Waals surface area (Å²) in [7, 11) is 0. The number of fused-ring (bicyclic) bond motifs is 1. The first kappa shape index (κ1) is 18.9. The van der Waals surface area contributed by atoms with Crippen molar-refractivity contribution in [2.45, 2.75) is 32.6 Å². The van der Waals surface area contributed by atoms with E-state index >= 15 is 0 Å². The van der Waals surface area contributed by atoms with Gasteiger partial charge in [-0.05, 0) is 47.6 Å². The smallest absolute Gasteiger partial charge is 0.331 e. The van der Waals surface area contributed by atoms with Crippen molar-refractivity contribution in [3.8, 4) is 0 Å². The van der Waals surface area contributed by atoms with Crippen LogP contribution in [0.1, 0.15) is 42.9 Å². The Hall–Kier alpha value is -2.88. The Labute approximate surface area is 160 Å². The predicted octanol–water partition coefficient (Wildman–Crippen LogP) is 4.35. The normalized spacial score (nSPS) is 13.7. The number of hydrogen-bond donors (Lipinski definition) is 0. The number of hydrogen-bond acceptors (Lipinski definition) is 3. The number of amides is 1. The second-order valence-corrected chi connectivity index (χ2v) is 7.04. The van der Waals surface area contributed by atoms with Crippen LogP contribution in [0.2, 0.25) is 0 Å². The first-order valence-electron chi connectivity index (χ1n) is 9.37. The van der Waals surface area contributed by atoms with E-state index in [9.17, 15) is 9.59 Å². The van der Waals surface area contributed by atoms with Crippen molar-refractivity contribution in [1.29, 1.82) is 0 Å². The molecule has 1 amide bonds. The number of aryl methyl sites for hydroxylation is 1. The minimum Gasteiger partial charge on any atom is -0.452 e. The largest absolute Gasteiger partial charge is 0.452 e. The zero-order valence-corrected chi connectivity index (χ0v) is 15.9. The van der Waals surface area contributed by atoms with Gasteiger partial charge in [0.2, 0.25) is 0 Å². The maximum Gasteiger partial charge on any atom is 0.331 e. The van der Waals surface area contributed by atoms with E-state index < -0.39 is 5.97 Å². The third-order valence-electron chi connectivity index (χ3n) is 4.76. The first-order chi connectivity index (χ1) is 13.0. The van der Waals surface area contributed by atoms with Crippen LogP contribution in [0.5, 0.6) is 0 Å². The summed E-state index contributed by atoms with van der Waals surface area (Å²) >= 11 is 0. The molecule has 0 spiro atoms. The van der Waals surface area contributed by atoms with Gasteiger partial charge in [0.05, 0.1) is 0 Å². The van der Waals surface area contributed by atoms with Gasteiger partial charge in [-0.15, -0.1) is 0 Å². The summed E-state index contributed by atoms with van der Waals surface area (Å²) in [4.78, 5) is 26.1. The lowest BCUT2D eigenvalue weighted by atomic mass is 10.0. The van der Waals surface area contributed by atoms with Crippen LogP contribution in [-0.4, -0.2) is 25.0 Å². The Morgan fingerprint density at radius 2 is 1.85 bits per heavy atom. The molecule has 0 unspecified atom stereocenters. The van der Waals surface area contributed by atoms with Gasteiger partial charge in [-0.3, -0.25) is 4.79 Å². The van der Waals surface area contributed by atoms with Crippen LogP contribution in [0.25, 0.3) is 6.08 Å². The summed E-state index contributed by atoms with van der Waals surface area (Å²) in [5.74, 6) is -0.231. The van der Waals surface area contributed by atoms with Crippen molar-refractivity contribution < 1.29 is 14.3 Å². The molecule has 140 valence electrons. The van der Waals surface area contributed by atoms with Crippen molar-refractivity contribution in [1.82, 2.24) is 0 Å². The lowest BCUT2D eigenvalue weighted by Gasteiger charge is -2.29. The molecule has 0 saturated heterocycles. The number of carbonyl (C=O) groups is 2. The van der Waals surface area contributed by atoms with Crippen LogP contribution >= 0.6 is 0 Å². The fourth-order valence-corrected chi connectivity index (χ4v) is 3.21. The second kappa shape index (κ2) is 8.67. The summed E-state index contributed by atoms with van der Waals surface area (Å²) < 4.78 is 5.14. The fraction of sp³-hybridized carbons (Fsp3) is 0.304. The van der Waals surface area contributed by atoms with Gasteiger partial charge in [0, 0.05) is 18.3 Å². The summed E-state index contributed by atoms with van der Waals surface area (Å²) in [5, 5.41) is 0. The van der Waals surface area contributed by atoms with E-state index in [2.05, 4.69) is 13.8 Å². The van der Waals surface area contributed by atoms with Gasteiger partial charge >= 0.3 is 5.97 Å². The van der Waals surface area contributed by atoms with Crippen molar-refractivity contribution >= 4 is 23.6 Å². The second-order valence-electron chi connectivity index (χ2n) is 7.04. The van der Waals surface area contributed by atoms with Gasteiger partial charge in [0.1, 0.15) is 0 Å². The third-order valence-corrected chi connectivity index (χ3v) is 4.76. The summed E-state index contributed by atoms with van der Waals surface area (Å²) in [6.07, 6.45) is 4.95. The van der Waals surface area contributed by atoms with Gasteiger partial charge in [0.15, 0.2) is 6.61 Å². The minimum atomic E-state index is -0.512. The van der Waals surface area contributed by atoms with E-state index in [1.54, 1.807) is 11.0 Å². The number of benzene rings is 2. The predicted molar refractivity (Wildman–Crippen MR) is 108 cm³/mol. The lowest BCUT2D eigenvalue weighted by molar-refractivity contribution is -0.142. The van der Waals surface area contributed by atoms with Gasteiger partial charge in [-0.25, -0.2) is 4.79 Å². The van der Waals surface area contributed by atoms with Crippen molar-refractivity contribution in [2.24, 2.45) is 0 Å². The highest BCUT2D eigenvalue weighted by molar-refractivity contribution is 5.97. The molecule has 2 aromatic carbocycles. The molecule has 0 saturated carbocycles. The third kappa shape index (κ3) is 4.85. The molecule has 0 aromatic heterocycles. The van der Waals surface area contributed by atoms with Crippen molar-refractivity contribution in [3.05, 3.63) is 71.3 Å². The van der Waals surface area contributed by atoms with E-state index in [-0.39, 0.29) is 12.5 Å². The number of ether oxygens (including phenoxy) is 1. The average molecular weight is 363 g/mol. The van der Waals surface area contributed by atoms with Crippen molar-refractivity contribution in [2.75, 3.05) is 18.1 Å². The Bertz CT molecular complexity index is 837. The van der Waals surface area contributed by atoms with Crippen LogP contribution in [0.3, 0.4) is 0 Å². The zero-order valence-electron chi connectivity index (χ0n) is 15.9. The molecular formula is C23H25NO3. The minimum absolute atomic E-state index is 0.190. The number of para-hydroxylation sites is 1. The molecule has 2 aromatic rings. The van der Waals surface area contributed by atoms with E-state index in [1.807, 2.05) is 48.5 Å². The van der Waals surface area contributed by atoms with E-state index in [1.165, 1.54) is 11.6 Å². The van der Waals surface area contributed by atoms with Crippen LogP contribution < -0.4 is 4.90 Å². The quantitative estimate of drug-likeness (QED) is 0.586. The van der Waals surface area contributed by atoms with E-state index in [0.29, 0.717) is 12.5 Å². The maximum atomic E-state index is 12.5. The van der Waals surface area contributed by atoms with Crippen LogP contribution in [0.15, 0.2) is 54.6 Å². The highest BCUT2D eigenvalue weighted by Crippen LogP contribution is 2.26. The Kier molecular flexibility index (Phi) is 6.07. The monoisotopic (exact) mass is 363 g/mol. The maximum absolute atomic E-state index is 12.5. The molecule has 4 heteroatoms. The fourth-order valence-electron chi connectivity index (χ4n) is 3.21. The summed E-state index contributed by atoms with van der Waals surface area (Å²) in [5.41, 5.74) is 4.26. The Balaban J connectivity index is 1.54. The van der Waals surface area contributed by atoms with Gasteiger partial charge in [-0.2, -0.15) is 0 Å². The number of anilines is 1. The molecule has 0 atom stereocenters. The molecule has 1 aliphatic rings. The number of rotatable bonds is 5. The van der Waals surface area contributed by atoms with Gasteiger partial charge in [0.25, 0.3) is 5.91 Å². The molecule has 0 bridgehead atoms. The summed E-state index contributed by atoms with van der Waals surface area (Å²) in [6, 6.07) is 15.9. The molecule has 0 fully saturated rings. The SMILES string of the molecule is CC(C)c1ccc(/C=C/C(=O)OCC(=O)N2CCCc3ccccc32)cc1. The zero-order chi connectivity index (χ0) is 19.2. The van der Waals surface area contributed by atoms with Crippen molar-refractivity contribution in [3.63, 3.8) is 0 Å². The Morgan fingerprint density at radius 1 is 1.11 bits per heavy atom. The standard InChI is InChI=1S/C23H25NO3/c1-17(2)19-12-9-18(10-13-19)11-14-23(26)27-16-22(25)24-15-5-7-20-6-3-4-8-21(20)24/h3-4,6,8-14,17H,5,7,15-16H2,1-2H3/b14-11+. The van der Waals surface area contributed by atoms with Crippen LogP contribution in [-0.2, 0) is 20.7 Å². The lowest BCUT2D eigenvalue weighted by Crippen LogP contribution is -2.38. The number of carbonyl (C=O) groups excluding carboxylic acids is 2. The van der Waals surface area contributed by atoms with Gasteiger partial charge in [-0.1, -0.05) is 56.3 Å². The summed E-state index contributed by atoms with van der Waals surface area (Å²) in [6.45, 7) is 4.69. The average Bonchev–Trinajstić information content (AvgIpc) is 2.70. The molecule has 1 aliphatic heterocycles. The molecule has 4 nitrogen and oxygen atoms in total. The molecule has 0 aliphatic carbocycles. The molecule has 0 radical (unpaired) electrons. The molecule has 3 rings (SSSR count). The highest BCUT2D eigenvalue weighted by Gasteiger charge is 2.22.